The van der Waals surface area contributed by atoms with Crippen molar-refractivity contribution in [1.82, 2.24) is 0 Å². The van der Waals surface area contributed by atoms with Gasteiger partial charge in [-0.1, -0.05) is 34.1 Å². The second kappa shape index (κ2) is 7.04. The molecule has 0 aliphatic rings. The van der Waals surface area contributed by atoms with Gasteiger partial charge in [-0.25, -0.2) is 0 Å². The largest absolute Gasteiger partial charge is 0.368 e. The summed E-state index contributed by atoms with van der Waals surface area (Å²) in [7, 11) is 0. The molecule has 2 aromatic rings. The highest BCUT2D eigenvalue weighted by Crippen LogP contribution is 2.28. The highest BCUT2D eigenvalue weighted by atomic mass is 79.9. The number of anilines is 2. The fraction of sp³-hybridized carbons (Fsp3) is 0.133. The lowest BCUT2D eigenvalue weighted by atomic mass is 10.2. The molecule has 0 saturated heterocycles. The van der Waals surface area contributed by atoms with Crippen LogP contribution in [0.4, 0.5) is 17.1 Å². The zero-order valence-corrected chi connectivity index (χ0v) is 13.3. The van der Waals surface area contributed by atoms with Gasteiger partial charge in [-0.05, 0) is 31.2 Å². The summed E-state index contributed by atoms with van der Waals surface area (Å²) in [6.07, 6.45) is 0. The van der Waals surface area contributed by atoms with Crippen LogP contribution in [0.15, 0.2) is 53.0 Å². The molecule has 0 radical (unpaired) electrons. The molecule has 0 aliphatic carbocycles. The molecule has 2 rings (SSSR count). The number of hydrogen-bond donors (Lipinski definition) is 2. The molecule has 0 bridgehead atoms. The van der Waals surface area contributed by atoms with E-state index in [0.29, 0.717) is 15.8 Å². The highest BCUT2D eigenvalue weighted by molar-refractivity contribution is 9.10. The van der Waals surface area contributed by atoms with Crippen LogP contribution < -0.4 is 10.6 Å². The molecular weight excluding hydrogens is 350 g/mol. The van der Waals surface area contributed by atoms with Gasteiger partial charge in [-0.3, -0.25) is 14.9 Å². The minimum atomic E-state index is -0.625. The first-order valence-electron chi connectivity index (χ1n) is 6.54. The fourth-order valence-corrected chi connectivity index (χ4v) is 2.20. The van der Waals surface area contributed by atoms with E-state index in [-0.39, 0.29) is 11.6 Å². The number of hydrogen-bond acceptors (Lipinski definition) is 4. The molecule has 1 amide bonds. The van der Waals surface area contributed by atoms with Gasteiger partial charge in [0.15, 0.2) is 0 Å². The molecule has 0 spiro atoms. The Labute approximate surface area is 135 Å². The fourth-order valence-electron chi connectivity index (χ4n) is 1.85. The van der Waals surface area contributed by atoms with E-state index in [1.165, 1.54) is 6.07 Å². The third-order valence-corrected chi connectivity index (χ3v) is 3.46. The zero-order valence-electron chi connectivity index (χ0n) is 11.7. The number of amides is 1. The Kier molecular flexibility index (Phi) is 5.11. The maximum atomic E-state index is 12.1. The van der Waals surface area contributed by atoms with Gasteiger partial charge in [0.2, 0.25) is 5.91 Å². The Hall–Kier alpha value is -2.41. The average molecular weight is 364 g/mol. The summed E-state index contributed by atoms with van der Waals surface area (Å²) in [5.41, 5.74) is 0.879. The van der Waals surface area contributed by atoms with Crippen LogP contribution in [-0.4, -0.2) is 16.9 Å². The number of rotatable bonds is 5. The van der Waals surface area contributed by atoms with Gasteiger partial charge in [-0.2, -0.15) is 0 Å². The zero-order chi connectivity index (χ0) is 16.1. The van der Waals surface area contributed by atoms with E-state index < -0.39 is 11.0 Å². The Morgan fingerprint density at radius 2 is 1.91 bits per heavy atom. The van der Waals surface area contributed by atoms with E-state index in [0.717, 1.165) is 0 Å². The van der Waals surface area contributed by atoms with E-state index in [2.05, 4.69) is 26.6 Å². The van der Waals surface area contributed by atoms with Gasteiger partial charge in [0.25, 0.3) is 5.69 Å². The van der Waals surface area contributed by atoms with Crippen molar-refractivity contribution in [3.8, 4) is 0 Å². The first-order chi connectivity index (χ1) is 10.5. The summed E-state index contributed by atoms with van der Waals surface area (Å²) in [5, 5.41) is 16.7. The summed E-state index contributed by atoms with van der Waals surface area (Å²) in [5.74, 6) is -0.275. The average Bonchev–Trinajstić information content (AvgIpc) is 2.49. The lowest BCUT2D eigenvalue weighted by Crippen LogP contribution is -2.32. The second-order valence-electron chi connectivity index (χ2n) is 4.64. The van der Waals surface area contributed by atoms with Gasteiger partial charge >= 0.3 is 0 Å². The molecule has 0 aliphatic heterocycles. The lowest BCUT2D eigenvalue weighted by Gasteiger charge is -2.15. The molecule has 0 fully saturated rings. The standard InChI is InChI=1S/C15H14BrN3O3/c1-10(15(20)18-12-5-3-2-4-6-12)17-13-8-7-11(16)9-14(13)19(21)22/h2-10,17H,1H3,(H,18,20). The SMILES string of the molecule is CC(Nc1ccc(Br)cc1[N+](=O)[O-])C(=O)Nc1ccccc1. The van der Waals surface area contributed by atoms with Crippen LogP contribution in [0, 0.1) is 10.1 Å². The molecular formula is C15H14BrN3O3. The molecule has 114 valence electrons. The molecule has 0 heterocycles. The summed E-state index contributed by atoms with van der Waals surface area (Å²) < 4.78 is 0.603. The maximum Gasteiger partial charge on any atom is 0.293 e. The van der Waals surface area contributed by atoms with Crippen LogP contribution in [0.25, 0.3) is 0 Å². The predicted molar refractivity (Wildman–Crippen MR) is 89.0 cm³/mol. The molecule has 0 saturated carbocycles. The lowest BCUT2D eigenvalue weighted by molar-refractivity contribution is -0.384. The van der Waals surface area contributed by atoms with Crippen LogP contribution in [0.1, 0.15) is 6.92 Å². The minimum Gasteiger partial charge on any atom is -0.368 e. The quantitative estimate of drug-likeness (QED) is 0.624. The number of carbonyl (C=O) groups is 1. The molecule has 0 aromatic heterocycles. The van der Waals surface area contributed by atoms with E-state index in [9.17, 15) is 14.9 Å². The van der Waals surface area contributed by atoms with E-state index in [1.54, 1.807) is 31.2 Å². The summed E-state index contributed by atoms with van der Waals surface area (Å²) in [6.45, 7) is 1.64. The van der Waals surface area contributed by atoms with Crippen molar-refractivity contribution in [2.45, 2.75) is 13.0 Å². The van der Waals surface area contributed by atoms with Gasteiger partial charge in [-0.15, -0.1) is 0 Å². The Morgan fingerprint density at radius 3 is 2.55 bits per heavy atom. The monoisotopic (exact) mass is 363 g/mol. The van der Waals surface area contributed by atoms with Crippen molar-refractivity contribution in [3.05, 3.63) is 63.1 Å². The Morgan fingerprint density at radius 1 is 1.23 bits per heavy atom. The van der Waals surface area contributed by atoms with Gasteiger partial charge in [0.1, 0.15) is 11.7 Å². The topological polar surface area (TPSA) is 84.3 Å². The van der Waals surface area contributed by atoms with Crippen LogP contribution in [0.2, 0.25) is 0 Å². The first-order valence-corrected chi connectivity index (χ1v) is 7.33. The summed E-state index contributed by atoms with van der Waals surface area (Å²) in [4.78, 5) is 22.7. The summed E-state index contributed by atoms with van der Waals surface area (Å²) in [6, 6.07) is 13.0. The van der Waals surface area contributed by atoms with Crippen LogP contribution in [-0.2, 0) is 4.79 Å². The Bertz CT molecular complexity index is 692. The normalized spacial score (nSPS) is 11.5. The van der Waals surface area contributed by atoms with Crippen molar-refractivity contribution >= 4 is 38.9 Å². The van der Waals surface area contributed by atoms with Crippen molar-refractivity contribution in [2.24, 2.45) is 0 Å². The number of nitrogens with zero attached hydrogens (tertiary/aromatic N) is 1. The van der Waals surface area contributed by atoms with Crippen molar-refractivity contribution in [3.63, 3.8) is 0 Å². The number of nitro benzene ring substituents is 1. The second-order valence-corrected chi connectivity index (χ2v) is 5.56. The van der Waals surface area contributed by atoms with Gasteiger partial charge < -0.3 is 10.6 Å². The maximum absolute atomic E-state index is 12.1. The van der Waals surface area contributed by atoms with Gasteiger partial charge in [0.05, 0.1) is 4.92 Å². The smallest absolute Gasteiger partial charge is 0.293 e. The highest BCUT2D eigenvalue weighted by Gasteiger charge is 2.19. The molecule has 22 heavy (non-hydrogen) atoms. The number of benzene rings is 2. The number of halogens is 1. The Balaban J connectivity index is 2.10. The first kappa shape index (κ1) is 16.0. The molecule has 1 unspecified atom stereocenters. The number of para-hydroxylation sites is 1. The number of nitrogens with one attached hydrogen (secondary N) is 2. The molecule has 2 N–H and O–H groups in total. The predicted octanol–water partition coefficient (Wildman–Crippen LogP) is 3.80. The molecule has 1 atom stereocenters. The number of nitro groups is 1. The third kappa shape index (κ3) is 4.05. The molecule has 6 nitrogen and oxygen atoms in total. The van der Waals surface area contributed by atoms with Crippen molar-refractivity contribution < 1.29 is 9.72 Å². The van der Waals surface area contributed by atoms with Crippen LogP contribution in [0.5, 0.6) is 0 Å². The molecule has 7 heteroatoms. The van der Waals surface area contributed by atoms with E-state index in [4.69, 9.17) is 0 Å². The number of carbonyl (C=O) groups excluding carboxylic acids is 1. The van der Waals surface area contributed by atoms with E-state index in [1.807, 2.05) is 18.2 Å². The van der Waals surface area contributed by atoms with Crippen molar-refractivity contribution in [2.75, 3.05) is 10.6 Å². The van der Waals surface area contributed by atoms with E-state index >= 15 is 0 Å². The minimum absolute atomic E-state index is 0.0891. The third-order valence-electron chi connectivity index (χ3n) is 2.96. The van der Waals surface area contributed by atoms with Gasteiger partial charge in [0, 0.05) is 16.2 Å². The summed E-state index contributed by atoms with van der Waals surface area (Å²) >= 11 is 3.19. The molecule has 2 aromatic carbocycles. The van der Waals surface area contributed by atoms with Crippen LogP contribution >= 0.6 is 15.9 Å². The van der Waals surface area contributed by atoms with Crippen LogP contribution in [0.3, 0.4) is 0 Å². The van der Waals surface area contributed by atoms with Crippen molar-refractivity contribution in [1.29, 1.82) is 0 Å².